The minimum absolute atomic E-state index is 0.202. The van der Waals surface area contributed by atoms with E-state index in [4.69, 9.17) is 46.4 Å². The van der Waals surface area contributed by atoms with Crippen LogP contribution < -0.4 is 5.32 Å². The first-order valence-corrected chi connectivity index (χ1v) is 11.3. The second kappa shape index (κ2) is 8.02. The third kappa shape index (κ3) is 3.62. The maximum absolute atomic E-state index is 13.5. The zero-order valence-corrected chi connectivity index (χ0v) is 18.6. The molecule has 4 rings (SSSR count). The summed E-state index contributed by atoms with van der Waals surface area (Å²) >= 11 is 25.0. The summed E-state index contributed by atoms with van der Waals surface area (Å²) in [4.78, 5) is 0.520. The Morgan fingerprint density at radius 2 is 1.75 bits per heavy atom. The highest BCUT2D eigenvalue weighted by atomic mass is 35.5. The molecule has 2 atom stereocenters. The third-order valence-electron chi connectivity index (χ3n) is 4.92. The Labute approximate surface area is 186 Å². The molecule has 3 aromatic rings. The average molecular weight is 474 g/mol. The van der Waals surface area contributed by atoms with Crippen LogP contribution in [-0.2, 0) is 17.4 Å². The fraction of sp³-hybridized carbons (Fsp3) is 0.200. The highest BCUT2D eigenvalue weighted by Gasteiger charge is 2.30. The Morgan fingerprint density at radius 3 is 2.43 bits per heavy atom. The molecule has 3 nitrogen and oxygen atoms in total. The highest BCUT2D eigenvalue weighted by molar-refractivity contribution is 7.83. The summed E-state index contributed by atoms with van der Waals surface area (Å²) in [5, 5.41) is 5.32. The molecule has 0 saturated carbocycles. The normalized spacial score (nSPS) is 17.0. The molecule has 0 aliphatic heterocycles. The van der Waals surface area contributed by atoms with Gasteiger partial charge in [0, 0.05) is 32.9 Å². The molecular formula is C20H16Cl4N2OS. The number of nitrogens with one attached hydrogen (secondary N) is 1. The van der Waals surface area contributed by atoms with E-state index in [1.807, 2.05) is 19.3 Å². The first kappa shape index (κ1) is 20.3. The second-order valence-electron chi connectivity index (χ2n) is 6.60. The van der Waals surface area contributed by atoms with Crippen molar-refractivity contribution in [3.05, 3.63) is 73.8 Å². The predicted molar refractivity (Wildman–Crippen MR) is 118 cm³/mol. The number of hydrogen-bond donors (Lipinski definition) is 1. The van der Waals surface area contributed by atoms with Crippen molar-refractivity contribution in [2.24, 2.45) is 0 Å². The smallest absolute Gasteiger partial charge is 0.157 e. The van der Waals surface area contributed by atoms with Crippen LogP contribution in [0.1, 0.15) is 23.6 Å². The van der Waals surface area contributed by atoms with Crippen molar-refractivity contribution in [3.8, 4) is 11.3 Å². The van der Waals surface area contributed by atoms with Crippen LogP contribution in [0.2, 0.25) is 20.1 Å². The lowest BCUT2D eigenvalue weighted by molar-refractivity contribution is 0.587. The molecule has 0 radical (unpaired) electrons. The SMILES string of the molecule is CNC1CCc2c1cn(S(=O)c1cc(Cl)cc(Cl)c1)c2-c1cc(Cl)ccc1Cl. The molecule has 28 heavy (non-hydrogen) atoms. The molecule has 1 aliphatic rings. The van der Waals surface area contributed by atoms with Crippen LogP contribution in [-0.4, -0.2) is 15.2 Å². The Balaban J connectivity index is 1.95. The van der Waals surface area contributed by atoms with E-state index in [1.165, 1.54) is 0 Å². The van der Waals surface area contributed by atoms with Gasteiger partial charge in [0.1, 0.15) is 0 Å². The zero-order chi connectivity index (χ0) is 20.0. The van der Waals surface area contributed by atoms with E-state index < -0.39 is 11.0 Å². The van der Waals surface area contributed by atoms with Gasteiger partial charge in [0.2, 0.25) is 0 Å². The average Bonchev–Trinajstić information content (AvgIpc) is 3.21. The van der Waals surface area contributed by atoms with Crippen LogP contribution in [0.5, 0.6) is 0 Å². The van der Waals surface area contributed by atoms with Gasteiger partial charge in [0.15, 0.2) is 11.0 Å². The molecule has 2 unspecified atom stereocenters. The van der Waals surface area contributed by atoms with Gasteiger partial charge < -0.3 is 5.32 Å². The maximum Gasteiger partial charge on any atom is 0.157 e. The van der Waals surface area contributed by atoms with E-state index in [1.54, 1.807) is 34.3 Å². The monoisotopic (exact) mass is 472 g/mol. The zero-order valence-electron chi connectivity index (χ0n) is 14.8. The first-order valence-electron chi connectivity index (χ1n) is 8.64. The topological polar surface area (TPSA) is 34.0 Å². The molecule has 8 heteroatoms. The summed E-state index contributed by atoms with van der Waals surface area (Å²) in [6, 6.07) is 10.4. The van der Waals surface area contributed by atoms with Gasteiger partial charge in [-0.05, 0) is 67.4 Å². The van der Waals surface area contributed by atoms with Gasteiger partial charge in [-0.1, -0.05) is 46.4 Å². The summed E-state index contributed by atoms with van der Waals surface area (Å²) < 4.78 is 15.2. The quantitative estimate of drug-likeness (QED) is 0.466. The minimum Gasteiger partial charge on any atom is -0.313 e. The van der Waals surface area contributed by atoms with Crippen LogP contribution >= 0.6 is 46.4 Å². The van der Waals surface area contributed by atoms with Crippen molar-refractivity contribution in [2.45, 2.75) is 23.8 Å². The Bertz CT molecular complexity index is 1080. The molecule has 1 N–H and O–H groups in total. The van der Waals surface area contributed by atoms with Crippen LogP contribution in [0.4, 0.5) is 0 Å². The number of hydrogen-bond acceptors (Lipinski definition) is 2. The number of fused-ring (bicyclic) bond motifs is 1. The molecule has 1 aromatic heterocycles. The Hall–Kier alpha value is -1.01. The van der Waals surface area contributed by atoms with Gasteiger partial charge in [-0.15, -0.1) is 0 Å². The standard InChI is InChI=1S/C20H16Cl4N2OS/c1-25-19-5-3-15-17(19)10-26(20(15)16-9-11(21)2-4-18(16)24)28(27)14-7-12(22)6-13(23)8-14/h2,4,6-10,19,25H,3,5H2,1H3. The molecule has 0 spiro atoms. The largest absolute Gasteiger partial charge is 0.313 e. The van der Waals surface area contributed by atoms with Crippen molar-refractivity contribution in [3.63, 3.8) is 0 Å². The van der Waals surface area contributed by atoms with Crippen molar-refractivity contribution < 1.29 is 4.21 Å². The summed E-state index contributed by atoms with van der Waals surface area (Å²) in [6.45, 7) is 0. The van der Waals surface area contributed by atoms with Crippen LogP contribution in [0.3, 0.4) is 0 Å². The van der Waals surface area contributed by atoms with Gasteiger partial charge in [0.05, 0.1) is 15.6 Å². The van der Waals surface area contributed by atoms with Crippen LogP contribution in [0, 0.1) is 0 Å². The molecule has 0 bridgehead atoms. The van der Waals surface area contributed by atoms with Gasteiger partial charge in [-0.2, -0.15) is 0 Å². The first-order chi connectivity index (χ1) is 13.4. The molecule has 2 aromatic carbocycles. The number of aromatic nitrogens is 1. The van der Waals surface area contributed by atoms with E-state index >= 15 is 0 Å². The van der Waals surface area contributed by atoms with Crippen molar-refractivity contribution in [2.75, 3.05) is 7.05 Å². The molecular weight excluding hydrogens is 458 g/mol. The molecule has 0 amide bonds. The van der Waals surface area contributed by atoms with Crippen molar-refractivity contribution >= 4 is 57.4 Å². The maximum atomic E-state index is 13.5. The molecule has 1 heterocycles. The molecule has 146 valence electrons. The number of halogens is 4. The van der Waals surface area contributed by atoms with E-state index in [0.29, 0.717) is 25.0 Å². The second-order valence-corrected chi connectivity index (χ2v) is 9.68. The van der Waals surface area contributed by atoms with Crippen molar-refractivity contribution in [1.82, 2.24) is 9.29 Å². The summed E-state index contributed by atoms with van der Waals surface area (Å²) in [5.41, 5.74) is 3.82. The lowest BCUT2D eigenvalue weighted by Gasteiger charge is -2.14. The van der Waals surface area contributed by atoms with E-state index in [0.717, 1.165) is 35.2 Å². The minimum atomic E-state index is -1.55. The third-order valence-corrected chi connectivity index (χ3v) is 7.20. The van der Waals surface area contributed by atoms with Crippen molar-refractivity contribution in [1.29, 1.82) is 0 Å². The summed E-state index contributed by atoms with van der Waals surface area (Å²) in [7, 11) is 0.377. The Kier molecular flexibility index (Phi) is 5.81. The van der Waals surface area contributed by atoms with Gasteiger partial charge in [-0.3, -0.25) is 3.97 Å². The lowest BCUT2D eigenvalue weighted by atomic mass is 10.1. The number of rotatable bonds is 4. The lowest BCUT2D eigenvalue weighted by Crippen LogP contribution is -2.13. The van der Waals surface area contributed by atoms with Gasteiger partial charge in [0.25, 0.3) is 0 Å². The summed E-state index contributed by atoms with van der Waals surface area (Å²) in [6.07, 6.45) is 3.77. The summed E-state index contributed by atoms with van der Waals surface area (Å²) in [5.74, 6) is 0. The fourth-order valence-electron chi connectivity index (χ4n) is 3.68. The van der Waals surface area contributed by atoms with Crippen LogP contribution in [0.25, 0.3) is 11.3 Å². The molecule has 1 aliphatic carbocycles. The van der Waals surface area contributed by atoms with Crippen LogP contribution in [0.15, 0.2) is 47.5 Å². The highest BCUT2D eigenvalue weighted by Crippen LogP contribution is 2.43. The van der Waals surface area contributed by atoms with Gasteiger partial charge >= 0.3 is 0 Å². The van der Waals surface area contributed by atoms with E-state index in [2.05, 4.69) is 5.32 Å². The molecule has 0 saturated heterocycles. The van der Waals surface area contributed by atoms with Gasteiger partial charge in [-0.25, -0.2) is 4.21 Å². The predicted octanol–water partition coefficient (Wildman–Crippen LogP) is 6.55. The number of benzene rings is 2. The number of nitrogens with zero attached hydrogens (tertiary/aromatic N) is 1. The van der Waals surface area contributed by atoms with E-state index in [-0.39, 0.29) is 6.04 Å². The fourth-order valence-corrected chi connectivity index (χ4v) is 5.98. The Morgan fingerprint density at radius 1 is 1.04 bits per heavy atom. The molecule has 0 fully saturated rings. The van der Waals surface area contributed by atoms with E-state index in [9.17, 15) is 4.21 Å².